The maximum absolute atomic E-state index is 12.6. The number of aryl methyl sites for hydroxylation is 1. The summed E-state index contributed by atoms with van der Waals surface area (Å²) >= 11 is 0. The fraction of sp³-hybridized carbons (Fsp3) is 0.767. The van der Waals surface area contributed by atoms with E-state index in [4.69, 9.17) is 18.7 Å². The molecule has 7 heteroatoms. The topological polar surface area (TPSA) is 74.2 Å². The van der Waals surface area contributed by atoms with Crippen LogP contribution in [-0.4, -0.2) is 44.8 Å². The molecule has 0 aliphatic carbocycles. The van der Waals surface area contributed by atoms with E-state index in [1.54, 1.807) is 0 Å². The van der Waals surface area contributed by atoms with Gasteiger partial charge in [-0.05, 0) is 40.4 Å². The molecular formula is C30H51BO6. The maximum Gasteiger partial charge on any atom is 0.639 e. The van der Waals surface area contributed by atoms with E-state index in [0.29, 0.717) is 32.0 Å². The first-order valence-corrected chi connectivity index (χ1v) is 14.1. The molecule has 1 aliphatic rings. The number of aromatic hydroxyl groups is 1. The molecule has 1 N–H and O–H groups in total. The molecule has 0 radical (unpaired) electrons. The summed E-state index contributed by atoms with van der Waals surface area (Å²) in [5.41, 5.74) is 2.04. The highest BCUT2D eigenvalue weighted by molar-refractivity contribution is 6.36. The summed E-state index contributed by atoms with van der Waals surface area (Å²) < 4.78 is 22.8. The predicted octanol–water partition coefficient (Wildman–Crippen LogP) is 6.88. The second-order valence-corrected chi connectivity index (χ2v) is 13.1. The number of rotatable bonds is 13. The van der Waals surface area contributed by atoms with Crippen LogP contribution in [0.25, 0.3) is 0 Å². The van der Waals surface area contributed by atoms with Gasteiger partial charge in [-0.3, -0.25) is 4.79 Å². The number of hydrogen-bond donors (Lipinski definition) is 1. The number of carbonyl (C=O) groups is 1. The molecule has 1 aromatic carbocycles. The Hall–Kier alpha value is -1.57. The smallest absolute Gasteiger partial charge is 0.507 e. The highest BCUT2D eigenvalue weighted by Crippen LogP contribution is 2.40. The molecule has 0 spiro atoms. The first-order chi connectivity index (χ1) is 17.2. The summed E-state index contributed by atoms with van der Waals surface area (Å²) in [5.74, 6) is 0.108. The van der Waals surface area contributed by atoms with E-state index in [9.17, 15) is 9.90 Å². The Morgan fingerprint density at radius 3 is 2.05 bits per heavy atom. The molecule has 210 valence electrons. The third kappa shape index (κ3) is 10.6. The fourth-order valence-corrected chi connectivity index (χ4v) is 4.43. The van der Waals surface area contributed by atoms with Gasteiger partial charge in [-0.2, -0.15) is 0 Å². The number of carbonyl (C=O) groups excluding carboxylic acids is 1. The van der Waals surface area contributed by atoms with Gasteiger partial charge in [0.05, 0.1) is 0 Å². The van der Waals surface area contributed by atoms with Gasteiger partial charge in [0.2, 0.25) is 0 Å². The average Bonchev–Trinajstić information content (AvgIpc) is 2.81. The first-order valence-electron chi connectivity index (χ1n) is 14.1. The zero-order valence-corrected chi connectivity index (χ0v) is 24.7. The van der Waals surface area contributed by atoms with Crippen molar-refractivity contribution in [3.63, 3.8) is 0 Å². The van der Waals surface area contributed by atoms with E-state index >= 15 is 0 Å². The van der Waals surface area contributed by atoms with E-state index in [2.05, 4.69) is 48.5 Å². The third-order valence-corrected chi connectivity index (χ3v) is 6.87. The van der Waals surface area contributed by atoms with Crippen LogP contribution >= 0.6 is 0 Å². The molecule has 0 unspecified atom stereocenters. The number of benzene rings is 1. The summed E-state index contributed by atoms with van der Waals surface area (Å²) in [6, 6.07) is 4.04. The normalized spacial score (nSPS) is 16.2. The van der Waals surface area contributed by atoms with Crippen LogP contribution in [0.3, 0.4) is 0 Å². The van der Waals surface area contributed by atoms with E-state index < -0.39 is 12.7 Å². The van der Waals surface area contributed by atoms with Gasteiger partial charge in [-0.15, -0.1) is 0 Å². The molecule has 0 atom stereocenters. The summed E-state index contributed by atoms with van der Waals surface area (Å²) in [7, 11) is -0.636. The van der Waals surface area contributed by atoms with Gasteiger partial charge in [0.25, 0.3) is 0 Å². The highest BCUT2D eigenvalue weighted by atomic mass is 16.7. The second kappa shape index (κ2) is 14.0. The molecule has 0 amide bonds. The van der Waals surface area contributed by atoms with Crippen molar-refractivity contribution in [3.8, 4) is 5.75 Å². The summed E-state index contributed by atoms with van der Waals surface area (Å²) in [4.78, 5) is 12.6. The van der Waals surface area contributed by atoms with E-state index in [-0.39, 0.29) is 29.8 Å². The van der Waals surface area contributed by atoms with Crippen LogP contribution in [-0.2, 0) is 40.7 Å². The predicted molar refractivity (Wildman–Crippen MR) is 150 cm³/mol. The molecule has 0 aromatic heterocycles. The molecule has 2 rings (SSSR count). The summed E-state index contributed by atoms with van der Waals surface area (Å²) in [6.07, 6.45) is 8.10. The molecule has 37 heavy (non-hydrogen) atoms. The van der Waals surface area contributed by atoms with Gasteiger partial charge >= 0.3 is 13.3 Å². The lowest BCUT2D eigenvalue weighted by Crippen LogP contribution is -2.46. The van der Waals surface area contributed by atoms with E-state index in [1.165, 1.54) is 32.1 Å². The quantitative estimate of drug-likeness (QED) is 0.174. The van der Waals surface area contributed by atoms with Crippen molar-refractivity contribution in [1.29, 1.82) is 0 Å². The lowest BCUT2D eigenvalue weighted by atomic mass is 9.78. The van der Waals surface area contributed by atoms with Gasteiger partial charge in [0.1, 0.15) is 12.4 Å². The molecule has 1 fully saturated rings. The molecule has 0 bridgehead atoms. The molecule has 1 aliphatic heterocycles. The monoisotopic (exact) mass is 518 g/mol. The Labute approximate surface area is 226 Å². The highest BCUT2D eigenvalue weighted by Gasteiger charge is 2.38. The second-order valence-electron chi connectivity index (χ2n) is 13.1. The average molecular weight is 519 g/mol. The van der Waals surface area contributed by atoms with Crippen molar-refractivity contribution in [2.75, 3.05) is 26.4 Å². The van der Waals surface area contributed by atoms with Crippen LogP contribution in [0.1, 0.15) is 117 Å². The van der Waals surface area contributed by atoms with Crippen molar-refractivity contribution >= 4 is 13.3 Å². The number of phenols is 1. The van der Waals surface area contributed by atoms with Crippen LogP contribution in [0.4, 0.5) is 0 Å². The van der Waals surface area contributed by atoms with Crippen molar-refractivity contribution in [3.05, 3.63) is 28.8 Å². The third-order valence-electron chi connectivity index (χ3n) is 6.87. The van der Waals surface area contributed by atoms with Crippen molar-refractivity contribution in [1.82, 2.24) is 0 Å². The van der Waals surface area contributed by atoms with Crippen LogP contribution < -0.4 is 0 Å². The van der Waals surface area contributed by atoms with Gasteiger partial charge in [0.15, 0.2) is 0 Å². The SMILES string of the molecule is CCCCCCCCOB1OCC(C)(COC(=O)CCc2cc(C(C)(C)C)c(O)c(C(C)(C)C)c2)CO1. The Morgan fingerprint density at radius 2 is 1.51 bits per heavy atom. The number of ether oxygens (including phenoxy) is 1. The lowest BCUT2D eigenvalue weighted by Gasteiger charge is -2.34. The first kappa shape index (κ1) is 31.7. The molecule has 1 aromatic rings. The number of unbranched alkanes of at least 4 members (excludes halogenated alkanes) is 5. The Morgan fingerprint density at radius 1 is 0.973 bits per heavy atom. The van der Waals surface area contributed by atoms with Gasteiger partial charge in [-0.1, -0.05) is 99.6 Å². The fourth-order valence-electron chi connectivity index (χ4n) is 4.43. The minimum Gasteiger partial charge on any atom is -0.507 e. The number of hydrogen-bond acceptors (Lipinski definition) is 6. The lowest BCUT2D eigenvalue weighted by molar-refractivity contribution is -0.150. The zero-order chi connectivity index (χ0) is 27.7. The van der Waals surface area contributed by atoms with Crippen LogP contribution in [0.15, 0.2) is 12.1 Å². The maximum atomic E-state index is 12.6. The largest absolute Gasteiger partial charge is 0.639 e. The summed E-state index contributed by atoms with van der Waals surface area (Å²) in [5, 5.41) is 10.9. The number of esters is 1. The van der Waals surface area contributed by atoms with Crippen molar-refractivity contribution in [2.24, 2.45) is 5.41 Å². The molecule has 1 saturated heterocycles. The Balaban J connectivity index is 1.79. The molecular weight excluding hydrogens is 467 g/mol. The van der Waals surface area contributed by atoms with Gasteiger partial charge in [0, 0.05) is 31.7 Å². The molecule has 1 heterocycles. The van der Waals surface area contributed by atoms with Crippen LogP contribution in [0.5, 0.6) is 5.75 Å². The minimum atomic E-state index is -0.636. The van der Waals surface area contributed by atoms with Crippen LogP contribution in [0.2, 0.25) is 0 Å². The van der Waals surface area contributed by atoms with E-state index in [0.717, 1.165) is 23.1 Å². The van der Waals surface area contributed by atoms with Crippen molar-refractivity contribution < 1.29 is 28.6 Å². The minimum absolute atomic E-state index is 0.202. The van der Waals surface area contributed by atoms with Gasteiger partial charge < -0.3 is 23.8 Å². The zero-order valence-electron chi connectivity index (χ0n) is 24.7. The molecule has 0 saturated carbocycles. The van der Waals surface area contributed by atoms with Crippen LogP contribution in [0, 0.1) is 5.41 Å². The number of phenolic OH excluding ortho intramolecular Hbond substituents is 1. The standard InChI is InChI=1S/C30H51BO6/c1-9-10-11-12-13-14-17-35-31-36-21-30(8,22-37-31)20-34-26(32)16-15-23-18-24(28(2,3)4)27(33)25(19-23)29(5,6)7/h18-19,33H,9-17,20-22H2,1-8H3. The van der Waals surface area contributed by atoms with E-state index in [1.807, 2.05) is 19.1 Å². The Kier molecular flexibility index (Phi) is 12.0. The van der Waals surface area contributed by atoms with Crippen molar-refractivity contribution in [2.45, 2.75) is 118 Å². The van der Waals surface area contributed by atoms with Gasteiger partial charge in [-0.25, -0.2) is 0 Å². The Bertz CT molecular complexity index is 812. The summed E-state index contributed by atoms with van der Waals surface area (Å²) in [6.45, 7) is 18.5. The molecule has 6 nitrogen and oxygen atoms in total.